The minimum atomic E-state index is -0.875. The molecule has 5 nitrogen and oxygen atoms in total. The second-order valence-corrected chi connectivity index (χ2v) is 3.45. The van der Waals surface area contributed by atoms with Gasteiger partial charge in [-0.15, -0.1) is 0 Å². The molecule has 5 heteroatoms. The number of carboxylic acid groups (broad SMARTS) is 1. The van der Waals surface area contributed by atoms with Crippen LogP contribution in [0.2, 0.25) is 0 Å². The Morgan fingerprint density at radius 3 is 2.85 bits per heavy atom. The van der Waals surface area contributed by atoms with Gasteiger partial charge >= 0.3 is 12.0 Å². The minimum absolute atomic E-state index is 0.000139. The van der Waals surface area contributed by atoms with E-state index in [1.165, 1.54) is 0 Å². The van der Waals surface area contributed by atoms with Gasteiger partial charge in [0.1, 0.15) is 0 Å². The van der Waals surface area contributed by atoms with Crippen LogP contribution < -0.4 is 5.32 Å². The third-order valence-corrected chi connectivity index (χ3v) is 2.10. The van der Waals surface area contributed by atoms with Crippen molar-refractivity contribution in [3.8, 4) is 0 Å². The van der Waals surface area contributed by atoms with Crippen LogP contribution in [0, 0.1) is 0 Å². The van der Waals surface area contributed by atoms with Gasteiger partial charge in [0.15, 0.2) is 0 Å². The monoisotopic (exact) mass is 186 g/mol. The van der Waals surface area contributed by atoms with Crippen LogP contribution in [0.1, 0.15) is 20.3 Å². The summed E-state index contributed by atoms with van der Waals surface area (Å²) in [5.74, 6) is -0.875. The van der Waals surface area contributed by atoms with Crippen LogP contribution in [0.15, 0.2) is 0 Å². The van der Waals surface area contributed by atoms with Crippen LogP contribution in [0.25, 0.3) is 0 Å². The van der Waals surface area contributed by atoms with E-state index in [-0.39, 0.29) is 24.5 Å². The van der Waals surface area contributed by atoms with Crippen molar-refractivity contribution in [3.05, 3.63) is 0 Å². The fourth-order valence-electron chi connectivity index (χ4n) is 1.46. The third kappa shape index (κ3) is 2.34. The lowest BCUT2D eigenvalue weighted by molar-refractivity contribution is -0.137. The summed E-state index contributed by atoms with van der Waals surface area (Å²) in [6.07, 6.45) is 0.000139. The lowest BCUT2D eigenvalue weighted by Crippen LogP contribution is -2.37. The number of amides is 2. The molecule has 2 atom stereocenters. The highest BCUT2D eigenvalue weighted by Crippen LogP contribution is 2.10. The van der Waals surface area contributed by atoms with E-state index in [0.29, 0.717) is 6.54 Å². The van der Waals surface area contributed by atoms with Gasteiger partial charge in [-0.05, 0) is 13.8 Å². The molecule has 0 bridgehead atoms. The summed E-state index contributed by atoms with van der Waals surface area (Å²) in [5, 5.41) is 11.3. The van der Waals surface area contributed by atoms with Crippen LogP contribution in [-0.4, -0.2) is 40.6 Å². The molecule has 0 aromatic carbocycles. The van der Waals surface area contributed by atoms with Gasteiger partial charge in [-0.25, -0.2) is 4.79 Å². The Morgan fingerprint density at radius 1 is 1.85 bits per heavy atom. The molecule has 1 fully saturated rings. The molecular weight excluding hydrogens is 172 g/mol. The van der Waals surface area contributed by atoms with Crippen molar-refractivity contribution in [3.63, 3.8) is 0 Å². The number of carboxylic acids is 1. The van der Waals surface area contributed by atoms with E-state index in [9.17, 15) is 9.59 Å². The van der Waals surface area contributed by atoms with E-state index < -0.39 is 5.97 Å². The summed E-state index contributed by atoms with van der Waals surface area (Å²) < 4.78 is 0. The zero-order chi connectivity index (χ0) is 10.0. The maximum atomic E-state index is 11.2. The lowest BCUT2D eigenvalue weighted by Gasteiger charge is -2.21. The van der Waals surface area contributed by atoms with E-state index in [4.69, 9.17) is 5.11 Å². The Balaban J connectivity index is 2.51. The van der Waals surface area contributed by atoms with Gasteiger partial charge in [-0.3, -0.25) is 4.79 Å². The molecule has 1 aliphatic heterocycles. The Morgan fingerprint density at radius 2 is 2.46 bits per heavy atom. The fraction of sp³-hybridized carbons (Fsp3) is 0.750. The van der Waals surface area contributed by atoms with E-state index >= 15 is 0 Å². The van der Waals surface area contributed by atoms with Crippen LogP contribution >= 0.6 is 0 Å². The van der Waals surface area contributed by atoms with Gasteiger partial charge in [0, 0.05) is 18.6 Å². The molecule has 0 saturated carbocycles. The summed E-state index contributed by atoms with van der Waals surface area (Å²) in [7, 11) is 0. The first kappa shape index (κ1) is 9.83. The number of nitrogens with zero attached hydrogens (tertiary/aromatic N) is 1. The predicted octanol–water partition coefficient (Wildman–Crippen LogP) is 0.263. The number of carbonyl (C=O) groups excluding carboxylic acids is 1. The molecule has 1 aliphatic rings. The SMILES string of the molecule is CC1CN(C(C)CC(=O)O)C(=O)N1. The third-order valence-electron chi connectivity index (χ3n) is 2.10. The molecule has 1 saturated heterocycles. The van der Waals surface area contributed by atoms with Crippen molar-refractivity contribution >= 4 is 12.0 Å². The van der Waals surface area contributed by atoms with Crippen molar-refractivity contribution < 1.29 is 14.7 Å². The van der Waals surface area contributed by atoms with Crippen LogP contribution in [0.4, 0.5) is 4.79 Å². The molecule has 13 heavy (non-hydrogen) atoms. The summed E-state index contributed by atoms with van der Waals surface area (Å²) >= 11 is 0. The summed E-state index contributed by atoms with van der Waals surface area (Å²) in [6.45, 7) is 4.23. The van der Waals surface area contributed by atoms with E-state index in [0.717, 1.165) is 0 Å². The zero-order valence-electron chi connectivity index (χ0n) is 7.78. The van der Waals surface area contributed by atoms with Crippen LogP contribution in [0.3, 0.4) is 0 Å². The topological polar surface area (TPSA) is 69.6 Å². The van der Waals surface area contributed by atoms with Crippen molar-refractivity contribution in [2.24, 2.45) is 0 Å². The normalized spacial score (nSPS) is 24.3. The van der Waals surface area contributed by atoms with Crippen molar-refractivity contribution in [1.82, 2.24) is 10.2 Å². The van der Waals surface area contributed by atoms with E-state index in [1.54, 1.807) is 11.8 Å². The highest BCUT2D eigenvalue weighted by Gasteiger charge is 2.30. The van der Waals surface area contributed by atoms with Gasteiger partial charge in [0.05, 0.1) is 6.42 Å². The molecule has 2 unspecified atom stereocenters. The maximum absolute atomic E-state index is 11.2. The summed E-state index contributed by atoms with van der Waals surface area (Å²) in [6, 6.07) is -0.285. The molecule has 0 spiro atoms. The molecule has 0 aromatic rings. The van der Waals surface area contributed by atoms with Crippen molar-refractivity contribution in [2.75, 3.05) is 6.54 Å². The Hall–Kier alpha value is -1.26. The maximum Gasteiger partial charge on any atom is 0.317 e. The Labute approximate surface area is 76.7 Å². The van der Waals surface area contributed by atoms with Gasteiger partial charge < -0.3 is 15.3 Å². The second-order valence-electron chi connectivity index (χ2n) is 3.45. The largest absolute Gasteiger partial charge is 0.481 e. The number of carbonyl (C=O) groups is 2. The number of hydrogen-bond donors (Lipinski definition) is 2. The van der Waals surface area contributed by atoms with Gasteiger partial charge in [0.25, 0.3) is 0 Å². The van der Waals surface area contributed by atoms with Gasteiger partial charge in [0.2, 0.25) is 0 Å². The number of nitrogens with one attached hydrogen (secondary N) is 1. The number of aliphatic carboxylic acids is 1. The quantitative estimate of drug-likeness (QED) is 0.664. The van der Waals surface area contributed by atoms with Crippen LogP contribution in [-0.2, 0) is 4.79 Å². The first-order valence-electron chi connectivity index (χ1n) is 4.29. The first-order chi connectivity index (χ1) is 6.00. The lowest BCUT2D eigenvalue weighted by atomic mass is 10.2. The highest BCUT2D eigenvalue weighted by atomic mass is 16.4. The number of urea groups is 1. The average Bonchev–Trinajstić information content (AvgIpc) is 2.28. The molecule has 0 aromatic heterocycles. The van der Waals surface area contributed by atoms with Gasteiger partial charge in [-0.1, -0.05) is 0 Å². The Kier molecular flexibility index (Phi) is 2.75. The molecule has 0 aliphatic carbocycles. The first-order valence-corrected chi connectivity index (χ1v) is 4.29. The highest BCUT2D eigenvalue weighted by molar-refractivity contribution is 5.78. The zero-order valence-corrected chi connectivity index (χ0v) is 7.78. The summed E-state index contributed by atoms with van der Waals surface area (Å²) in [4.78, 5) is 23.2. The Bertz CT molecular complexity index is 229. The van der Waals surface area contributed by atoms with Gasteiger partial charge in [-0.2, -0.15) is 0 Å². The predicted molar refractivity (Wildman–Crippen MR) is 46.4 cm³/mol. The smallest absolute Gasteiger partial charge is 0.317 e. The minimum Gasteiger partial charge on any atom is -0.481 e. The summed E-state index contributed by atoms with van der Waals surface area (Å²) in [5.41, 5.74) is 0. The van der Waals surface area contributed by atoms with E-state index in [2.05, 4.69) is 5.32 Å². The molecular formula is C8H14N2O3. The van der Waals surface area contributed by atoms with Crippen LogP contribution in [0.5, 0.6) is 0 Å². The van der Waals surface area contributed by atoms with Crippen molar-refractivity contribution in [2.45, 2.75) is 32.4 Å². The average molecular weight is 186 g/mol. The molecule has 2 amide bonds. The molecule has 0 radical (unpaired) electrons. The van der Waals surface area contributed by atoms with Crippen molar-refractivity contribution in [1.29, 1.82) is 0 Å². The molecule has 74 valence electrons. The number of rotatable bonds is 3. The molecule has 1 rings (SSSR count). The fourth-order valence-corrected chi connectivity index (χ4v) is 1.46. The number of hydrogen-bond acceptors (Lipinski definition) is 2. The van der Waals surface area contributed by atoms with E-state index in [1.807, 2.05) is 6.92 Å². The standard InChI is InChI=1S/C8H14N2O3/c1-5-4-10(8(13)9-5)6(2)3-7(11)12/h5-6H,3-4H2,1-2H3,(H,9,13)(H,11,12). The second kappa shape index (κ2) is 3.64. The molecule has 1 heterocycles. The molecule has 2 N–H and O–H groups in total.